The van der Waals surface area contributed by atoms with E-state index in [0.717, 1.165) is 42.1 Å². The molecule has 0 amide bonds. The first-order chi connectivity index (χ1) is 12.1. The molecule has 6 nitrogen and oxygen atoms in total. The maximum Gasteiger partial charge on any atom is 0.151 e. The Labute approximate surface area is 147 Å². The topological polar surface area (TPSA) is 67.7 Å². The van der Waals surface area contributed by atoms with Crippen molar-refractivity contribution in [3.05, 3.63) is 35.4 Å². The molecule has 2 aromatic rings. The van der Waals surface area contributed by atoms with Gasteiger partial charge in [-0.3, -0.25) is 0 Å². The Balaban J connectivity index is 1.62. The van der Waals surface area contributed by atoms with Gasteiger partial charge in [0, 0.05) is 18.7 Å². The van der Waals surface area contributed by atoms with Crippen LogP contribution in [0.1, 0.15) is 17.5 Å². The van der Waals surface area contributed by atoms with Crippen LogP contribution >= 0.6 is 0 Å². The highest BCUT2D eigenvalue weighted by Gasteiger charge is 2.35. The molecule has 0 unspecified atom stereocenters. The fraction of sp³-hybridized carbons (Fsp3) is 0.474. The van der Waals surface area contributed by atoms with Crippen LogP contribution < -0.4 is 4.90 Å². The molecule has 0 radical (unpaired) electrons. The van der Waals surface area contributed by atoms with E-state index >= 15 is 0 Å². The van der Waals surface area contributed by atoms with Crippen molar-refractivity contribution in [1.82, 2.24) is 10.2 Å². The number of phenols is 1. The first kappa shape index (κ1) is 16.3. The summed E-state index contributed by atoms with van der Waals surface area (Å²) in [5.74, 6) is 1.10. The Kier molecular flexibility index (Phi) is 4.31. The second-order valence-electron chi connectivity index (χ2n) is 6.79. The number of ether oxygens (including phenoxy) is 2. The predicted molar refractivity (Wildman–Crippen MR) is 94.9 cm³/mol. The summed E-state index contributed by atoms with van der Waals surface area (Å²) >= 11 is 0. The molecule has 0 spiro atoms. The van der Waals surface area contributed by atoms with Crippen LogP contribution in [0.25, 0.3) is 11.3 Å². The van der Waals surface area contributed by atoms with Crippen LogP contribution in [0.3, 0.4) is 0 Å². The van der Waals surface area contributed by atoms with Crippen LogP contribution in [0.15, 0.2) is 24.3 Å². The number of rotatable bonds is 2. The number of anilines is 1. The van der Waals surface area contributed by atoms with Gasteiger partial charge in [-0.2, -0.15) is 0 Å². The van der Waals surface area contributed by atoms with E-state index < -0.39 is 0 Å². The zero-order chi connectivity index (χ0) is 17.4. The van der Waals surface area contributed by atoms with Crippen LogP contribution in [0.4, 0.5) is 5.82 Å². The lowest BCUT2D eigenvalue weighted by atomic mass is 10.0. The molecule has 3 heterocycles. The van der Waals surface area contributed by atoms with E-state index in [4.69, 9.17) is 9.47 Å². The standard InChI is InChI=1S/C19H23N3O3/c1-12-9-13(2)19(16(23)10-12)14-3-4-18(21-20-14)22-6-8-25-17-11-24-7-5-15(17)22/h3-4,9-10,15,17,23H,5-8,11H2,1-2H3/t15-,17-/m1/s1. The van der Waals surface area contributed by atoms with E-state index in [2.05, 4.69) is 15.1 Å². The second-order valence-corrected chi connectivity index (χ2v) is 6.79. The van der Waals surface area contributed by atoms with Crippen molar-refractivity contribution < 1.29 is 14.6 Å². The minimum absolute atomic E-state index is 0.104. The molecular weight excluding hydrogens is 318 g/mol. The van der Waals surface area contributed by atoms with E-state index in [-0.39, 0.29) is 17.9 Å². The number of hydrogen-bond acceptors (Lipinski definition) is 6. The van der Waals surface area contributed by atoms with Crippen LogP contribution in [-0.2, 0) is 9.47 Å². The number of aromatic nitrogens is 2. The number of benzene rings is 1. The average molecular weight is 341 g/mol. The molecule has 2 atom stereocenters. The van der Waals surface area contributed by atoms with Crippen molar-refractivity contribution in [2.75, 3.05) is 31.3 Å². The Hall–Kier alpha value is -2.18. The fourth-order valence-electron chi connectivity index (χ4n) is 3.86. The monoisotopic (exact) mass is 341 g/mol. The molecule has 1 aromatic carbocycles. The zero-order valence-corrected chi connectivity index (χ0v) is 14.6. The van der Waals surface area contributed by atoms with Gasteiger partial charge in [0.2, 0.25) is 0 Å². The molecule has 2 aliphatic heterocycles. The van der Waals surface area contributed by atoms with E-state index in [9.17, 15) is 5.11 Å². The summed E-state index contributed by atoms with van der Waals surface area (Å²) in [7, 11) is 0. The molecule has 0 aliphatic carbocycles. The molecule has 2 saturated heterocycles. The van der Waals surface area contributed by atoms with Gasteiger partial charge in [-0.05, 0) is 49.6 Å². The number of aromatic hydroxyl groups is 1. The first-order valence-corrected chi connectivity index (χ1v) is 8.74. The minimum Gasteiger partial charge on any atom is -0.507 e. The smallest absolute Gasteiger partial charge is 0.151 e. The van der Waals surface area contributed by atoms with Gasteiger partial charge in [-0.25, -0.2) is 0 Å². The lowest BCUT2D eigenvalue weighted by Gasteiger charge is -2.43. The highest BCUT2D eigenvalue weighted by molar-refractivity contribution is 5.71. The summed E-state index contributed by atoms with van der Waals surface area (Å²) in [5.41, 5.74) is 3.46. The van der Waals surface area contributed by atoms with Crippen LogP contribution in [0.5, 0.6) is 5.75 Å². The van der Waals surface area contributed by atoms with Crippen molar-refractivity contribution in [2.24, 2.45) is 0 Å². The normalized spacial score (nSPS) is 23.4. The fourth-order valence-corrected chi connectivity index (χ4v) is 3.86. The Morgan fingerprint density at radius 1 is 1.16 bits per heavy atom. The molecular formula is C19H23N3O3. The van der Waals surface area contributed by atoms with Gasteiger partial charge in [-0.15, -0.1) is 10.2 Å². The number of nitrogens with zero attached hydrogens (tertiary/aromatic N) is 3. The SMILES string of the molecule is Cc1cc(C)c(-c2ccc(N3CCO[C@@H]4COCC[C@H]43)nn2)c(O)c1. The summed E-state index contributed by atoms with van der Waals surface area (Å²) in [5, 5.41) is 19.1. The number of fused-ring (bicyclic) bond motifs is 1. The lowest BCUT2D eigenvalue weighted by Crippen LogP contribution is -2.56. The van der Waals surface area contributed by atoms with Crippen molar-refractivity contribution >= 4 is 5.82 Å². The third-order valence-corrected chi connectivity index (χ3v) is 4.99. The molecule has 2 fully saturated rings. The van der Waals surface area contributed by atoms with Crippen molar-refractivity contribution in [1.29, 1.82) is 0 Å². The van der Waals surface area contributed by atoms with Gasteiger partial charge in [0.15, 0.2) is 5.82 Å². The van der Waals surface area contributed by atoms with E-state index in [1.807, 2.05) is 32.0 Å². The molecule has 0 saturated carbocycles. The van der Waals surface area contributed by atoms with E-state index in [0.29, 0.717) is 18.9 Å². The summed E-state index contributed by atoms with van der Waals surface area (Å²) < 4.78 is 11.3. The van der Waals surface area contributed by atoms with Crippen LogP contribution in [-0.4, -0.2) is 53.8 Å². The van der Waals surface area contributed by atoms with Crippen LogP contribution in [0.2, 0.25) is 0 Å². The third-order valence-electron chi connectivity index (χ3n) is 4.99. The summed E-state index contributed by atoms with van der Waals surface area (Å²) in [6, 6.07) is 8.01. The maximum atomic E-state index is 10.3. The van der Waals surface area contributed by atoms with Gasteiger partial charge >= 0.3 is 0 Å². The molecule has 4 rings (SSSR count). The van der Waals surface area contributed by atoms with Crippen molar-refractivity contribution in [2.45, 2.75) is 32.4 Å². The number of aryl methyl sites for hydroxylation is 2. The Morgan fingerprint density at radius 2 is 2.04 bits per heavy atom. The highest BCUT2D eigenvalue weighted by atomic mass is 16.5. The molecule has 0 bridgehead atoms. The number of phenolic OH excluding ortho intramolecular Hbond substituents is 1. The van der Waals surface area contributed by atoms with E-state index in [1.54, 1.807) is 6.07 Å². The van der Waals surface area contributed by atoms with Gasteiger partial charge in [0.25, 0.3) is 0 Å². The number of hydrogen-bond donors (Lipinski definition) is 1. The highest BCUT2D eigenvalue weighted by Crippen LogP contribution is 2.33. The molecule has 132 valence electrons. The molecule has 25 heavy (non-hydrogen) atoms. The maximum absolute atomic E-state index is 10.3. The molecule has 1 N–H and O–H groups in total. The minimum atomic E-state index is 0.104. The quantitative estimate of drug-likeness (QED) is 0.905. The average Bonchev–Trinajstić information content (AvgIpc) is 2.61. The first-order valence-electron chi connectivity index (χ1n) is 8.74. The van der Waals surface area contributed by atoms with Gasteiger partial charge < -0.3 is 19.5 Å². The van der Waals surface area contributed by atoms with Crippen LogP contribution in [0, 0.1) is 13.8 Å². The third kappa shape index (κ3) is 3.07. The molecule has 6 heteroatoms. The predicted octanol–water partition coefficient (Wildman–Crippen LogP) is 2.46. The molecule has 2 aliphatic rings. The summed E-state index contributed by atoms with van der Waals surface area (Å²) in [6.07, 6.45) is 1.04. The van der Waals surface area contributed by atoms with Crippen molar-refractivity contribution in [3.63, 3.8) is 0 Å². The van der Waals surface area contributed by atoms with Gasteiger partial charge in [0.1, 0.15) is 11.9 Å². The van der Waals surface area contributed by atoms with E-state index in [1.165, 1.54) is 0 Å². The largest absolute Gasteiger partial charge is 0.507 e. The van der Waals surface area contributed by atoms with Gasteiger partial charge in [0.05, 0.1) is 24.9 Å². The zero-order valence-electron chi connectivity index (χ0n) is 14.6. The summed E-state index contributed by atoms with van der Waals surface area (Å²) in [4.78, 5) is 2.27. The Morgan fingerprint density at radius 3 is 2.80 bits per heavy atom. The lowest BCUT2D eigenvalue weighted by molar-refractivity contribution is -0.0778. The summed E-state index contributed by atoms with van der Waals surface area (Å²) in [6.45, 7) is 6.82. The van der Waals surface area contributed by atoms with Gasteiger partial charge in [-0.1, -0.05) is 6.07 Å². The molecule has 1 aromatic heterocycles. The Bertz CT molecular complexity index is 738. The van der Waals surface area contributed by atoms with Crippen molar-refractivity contribution in [3.8, 4) is 17.0 Å². The number of morpholine rings is 1. The second kappa shape index (κ2) is 6.61.